The van der Waals surface area contributed by atoms with E-state index in [1.54, 1.807) is 43.7 Å². The fourth-order valence-electron chi connectivity index (χ4n) is 3.03. The summed E-state index contributed by atoms with van der Waals surface area (Å²) in [6.45, 7) is 0. The Balaban J connectivity index is 1.95. The molecule has 5 nitrogen and oxygen atoms in total. The van der Waals surface area contributed by atoms with Crippen LogP contribution in [0.5, 0.6) is 5.75 Å². The molecule has 2 heterocycles. The zero-order valence-corrected chi connectivity index (χ0v) is 15.2. The summed E-state index contributed by atoms with van der Waals surface area (Å²) >= 11 is 0. The number of pyridine rings is 1. The highest BCUT2D eigenvalue weighted by molar-refractivity contribution is 5.94. The second-order valence-corrected chi connectivity index (χ2v) is 6.06. The van der Waals surface area contributed by atoms with E-state index in [0.29, 0.717) is 28.3 Å². The van der Waals surface area contributed by atoms with Crippen LogP contribution >= 0.6 is 0 Å². The van der Waals surface area contributed by atoms with Crippen LogP contribution in [-0.2, 0) is 0 Å². The summed E-state index contributed by atoms with van der Waals surface area (Å²) in [5.41, 5.74) is 1.01. The van der Waals surface area contributed by atoms with E-state index in [-0.39, 0.29) is 16.6 Å². The minimum Gasteiger partial charge on any atom is -0.497 e. The van der Waals surface area contributed by atoms with E-state index in [4.69, 9.17) is 4.74 Å². The minimum atomic E-state index is -0.620. The number of aromatic nitrogens is 3. The fraction of sp³-hybridized carbons (Fsp3) is 0.0952. The van der Waals surface area contributed by atoms with Gasteiger partial charge in [-0.15, -0.1) is 0 Å². The van der Waals surface area contributed by atoms with E-state index < -0.39 is 11.6 Å². The van der Waals surface area contributed by atoms with E-state index >= 15 is 4.39 Å². The Morgan fingerprint density at radius 3 is 2.50 bits per heavy atom. The first-order valence-corrected chi connectivity index (χ1v) is 8.54. The van der Waals surface area contributed by atoms with Gasteiger partial charge in [0, 0.05) is 47.6 Å². The van der Waals surface area contributed by atoms with E-state index in [1.807, 2.05) is 0 Å². The number of benzene rings is 2. The van der Waals surface area contributed by atoms with Gasteiger partial charge in [0.1, 0.15) is 22.9 Å². The predicted molar refractivity (Wildman–Crippen MR) is 104 cm³/mol. The molecule has 0 radical (unpaired) electrons. The molecule has 0 spiro atoms. The average Bonchev–Trinajstić information content (AvgIpc) is 2.74. The maximum Gasteiger partial charge on any atom is 0.163 e. The molecular formula is C21H16F2N4O. The molecule has 0 aliphatic heterocycles. The molecule has 0 unspecified atom stereocenters. The van der Waals surface area contributed by atoms with Crippen LogP contribution < -0.4 is 10.1 Å². The van der Waals surface area contributed by atoms with Gasteiger partial charge in [-0.25, -0.2) is 18.7 Å². The molecule has 0 atom stereocenters. The third-order valence-electron chi connectivity index (χ3n) is 4.43. The monoisotopic (exact) mass is 378 g/mol. The fourth-order valence-corrected chi connectivity index (χ4v) is 3.03. The first-order chi connectivity index (χ1) is 13.6. The van der Waals surface area contributed by atoms with Gasteiger partial charge in [-0.3, -0.25) is 4.98 Å². The maximum atomic E-state index is 15.4. The second kappa shape index (κ2) is 7.19. The summed E-state index contributed by atoms with van der Waals surface area (Å²) in [6, 6.07) is 11.0. The summed E-state index contributed by atoms with van der Waals surface area (Å²) in [5.74, 6) is -0.0274. The molecule has 2 aromatic carbocycles. The summed E-state index contributed by atoms with van der Waals surface area (Å²) in [4.78, 5) is 12.9. The lowest BCUT2D eigenvalue weighted by Gasteiger charge is -2.12. The van der Waals surface area contributed by atoms with Gasteiger partial charge < -0.3 is 10.1 Å². The molecule has 0 saturated carbocycles. The van der Waals surface area contributed by atoms with E-state index in [1.165, 1.54) is 25.3 Å². The van der Waals surface area contributed by atoms with Crippen LogP contribution in [0.15, 0.2) is 54.9 Å². The molecule has 7 heteroatoms. The van der Waals surface area contributed by atoms with Crippen LogP contribution in [0.3, 0.4) is 0 Å². The summed E-state index contributed by atoms with van der Waals surface area (Å²) in [5, 5.41) is 3.47. The van der Waals surface area contributed by atoms with Crippen molar-refractivity contribution in [2.45, 2.75) is 0 Å². The van der Waals surface area contributed by atoms with Crippen LogP contribution in [0.2, 0.25) is 0 Å². The third kappa shape index (κ3) is 3.00. The van der Waals surface area contributed by atoms with Gasteiger partial charge in [0.15, 0.2) is 11.6 Å². The lowest BCUT2D eigenvalue weighted by atomic mass is 10.0. The van der Waals surface area contributed by atoms with Gasteiger partial charge in [-0.05, 0) is 30.3 Å². The first kappa shape index (κ1) is 17.8. The molecule has 0 saturated heterocycles. The summed E-state index contributed by atoms with van der Waals surface area (Å²) < 4.78 is 34.9. The van der Waals surface area contributed by atoms with Crippen molar-refractivity contribution < 1.29 is 13.5 Å². The molecule has 2 aromatic heterocycles. The van der Waals surface area contributed by atoms with Crippen molar-refractivity contribution in [3.8, 4) is 28.3 Å². The lowest BCUT2D eigenvalue weighted by Crippen LogP contribution is -2.01. The number of halogens is 2. The van der Waals surface area contributed by atoms with E-state index in [2.05, 4.69) is 20.3 Å². The highest BCUT2D eigenvalue weighted by atomic mass is 19.1. The standard InChI is InChI=1S/C21H16F2N4O/c1-24-21-16-8-7-15(14-6-5-13(28-2)10-17(14)22)18(23)19(16)26-20(27-21)12-4-3-9-25-11-12/h3-11H,1-2H3,(H,24,26,27). The van der Waals surface area contributed by atoms with Gasteiger partial charge >= 0.3 is 0 Å². The maximum absolute atomic E-state index is 15.4. The van der Waals surface area contributed by atoms with E-state index in [9.17, 15) is 4.39 Å². The normalized spacial score (nSPS) is 10.9. The Bertz CT molecular complexity index is 1170. The van der Waals surface area contributed by atoms with Gasteiger partial charge in [0.2, 0.25) is 0 Å². The second-order valence-electron chi connectivity index (χ2n) is 6.06. The lowest BCUT2D eigenvalue weighted by molar-refractivity contribution is 0.411. The number of rotatable bonds is 4. The van der Waals surface area contributed by atoms with Gasteiger partial charge in [-0.2, -0.15) is 0 Å². The molecule has 4 rings (SSSR count). The topological polar surface area (TPSA) is 59.9 Å². The third-order valence-corrected chi connectivity index (χ3v) is 4.43. The molecule has 140 valence electrons. The molecule has 28 heavy (non-hydrogen) atoms. The van der Waals surface area contributed by atoms with Gasteiger partial charge in [0.25, 0.3) is 0 Å². The predicted octanol–water partition coefficient (Wildman–Crippen LogP) is 4.69. The van der Waals surface area contributed by atoms with Crippen LogP contribution in [0.4, 0.5) is 14.6 Å². The Morgan fingerprint density at radius 1 is 1.00 bits per heavy atom. The molecule has 1 N–H and O–H groups in total. The Morgan fingerprint density at radius 2 is 1.82 bits per heavy atom. The molecule has 0 bridgehead atoms. The Kier molecular flexibility index (Phi) is 4.57. The number of hydrogen-bond donors (Lipinski definition) is 1. The number of hydrogen-bond acceptors (Lipinski definition) is 5. The first-order valence-electron chi connectivity index (χ1n) is 8.54. The van der Waals surface area contributed by atoms with Crippen molar-refractivity contribution in [1.82, 2.24) is 15.0 Å². The number of anilines is 1. The highest BCUT2D eigenvalue weighted by Crippen LogP contribution is 2.34. The number of ether oxygens (including phenoxy) is 1. The minimum absolute atomic E-state index is 0.103. The number of fused-ring (bicyclic) bond motifs is 1. The molecule has 0 amide bonds. The molecular weight excluding hydrogens is 362 g/mol. The zero-order chi connectivity index (χ0) is 19.7. The number of methoxy groups -OCH3 is 1. The van der Waals surface area contributed by atoms with Crippen LogP contribution in [0, 0.1) is 11.6 Å². The van der Waals surface area contributed by atoms with Crippen LogP contribution in [0.25, 0.3) is 33.4 Å². The Hall–Kier alpha value is -3.61. The van der Waals surface area contributed by atoms with Crippen molar-refractivity contribution in [3.63, 3.8) is 0 Å². The van der Waals surface area contributed by atoms with Crippen molar-refractivity contribution in [2.24, 2.45) is 0 Å². The molecule has 4 aromatic rings. The van der Waals surface area contributed by atoms with Crippen molar-refractivity contribution in [2.75, 3.05) is 19.5 Å². The van der Waals surface area contributed by atoms with Gasteiger partial charge in [-0.1, -0.05) is 6.07 Å². The summed E-state index contributed by atoms with van der Waals surface area (Å²) in [7, 11) is 3.14. The number of nitrogens with one attached hydrogen (secondary N) is 1. The zero-order valence-electron chi connectivity index (χ0n) is 15.2. The van der Waals surface area contributed by atoms with Crippen molar-refractivity contribution in [3.05, 3.63) is 66.5 Å². The quantitative estimate of drug-likeness (QED) is 0.558. The molecule has 0 aliphatic carbocycles. The van der Waals surface area contributed by atoms with Crippen molar-refractivity contribution >= 4 is 16.7 Å². The smallest absolute Gasteiger partial charge is 0.163 e. The molecule has 0 aliphatic rings. The molecule has 0 fully saturated rings. The largest absolute Gasteiger partial charge is 0.497 e. The number of nitrogens with zero attached hydrogens (tertiary/aromatic N) is 3. The van der Waals surface area contributed by atoms with E-state index in [0.717, 1.165) is 0 Å². The Labute approximate surface area is 160 Å². The van der Waals surface area contributed by atoms with Gasteiger partial charge in [0.05, 0.1) is 7.11 Å². The SMILES string of the molecule is CNc1nc(-c2cccnc2)nc2c(F)c(-c3ccc(OC)cc3F)ccc12. The average molecular weight is 378 g/mol. The van der Waals surface area contributed by atoms with Crippen molar-refractivity contribution in [1.29, 1.82) is 0 Å². The van der Waals surface area contributed by atoms with Crippen LogP contribution in [-0.4, -0.2) is 29.1 Å². The summed E-state index contributed by atoms with van der Waals surface area (Å²) in [6.07, 6.45) is 3.24. The van der Waals surface area contributed by atoms with Crippen LogP contribution in [0.1, 0.15) is 0 Å². The highest BCUT2D eigenvalue weighted by Gasteiger charge is 2.18.